The summed E-state index contributed by atoms with van der Waals surface area (Å²) in [5, 5.41) is 18.0. The Morgan fingerprint density at radius 1 is 1.50 bits per heavy atom. The number of carboxylic acids is 1. The molecule has 0 spiro atoms. The lowest BCUT2D eigenvalue weighted by Crippen LogP contribution is -2.39. The van der Waals surface area contributed by atoms with Gasteiger partial charge in [-0.05, 0) is 12.8 Å². The van der Waals surface area contributed by atoms with E-state index in [1.165, 1.54) is 6.92 Å². The van der Waals surface area contributed by atoms with Gasteiger partial charge in [0, 0.05) is 13.0 Å². The molecule has 14 heavy (non-hydrogen) atoms. The summed E-state index contributed by atoms with van der Waals surface area (Å²) in [5.41, 5.74) is 0. The average Bonchev–Trinajstić information content (AvgIpc) is 2.48. The van der Waals surface area contributed by atoms with Crippen LogP contribution in [0.1, 0.15) is 13.3 Å². The lowest BCUT2D eigenvalue weighted by atomic mass is 10.2. The van der Waals surface area contributed by atoms with Gasteiger partial charge in [0.05, 0.1) is 6.10 Å². The normalized spacial score (nSPS) is 25.4. The molecule has 1 aliphatic heterocycles. The highest BCUT2D eigenvalue weighted by atomic mass is 16.4. The Labute approximate surface area is 81.3 Å². The van der Waals surface area contributed by atoms with Crippen LogP contribution < -0.4 is 0 Å². The summed E-state index contributed by atoms with van der Waals surface area (Å²) in [6.07, 6.45) is -0.689. The Hall–Kier alpha value is -1.54. The second-order valence-electron chi connectivity index (χ2n) is 3.08. The Kier molecular flexibility index (Phi) is 3.10. The van der Waals surface area contributed by atoms with Crippen molar-refractivity contribution in [2.24, 2.45) is 0 Å². The molecule has 0 aromatic heterocycles. The third-order valence-electron chi connectivity index (χ3n) is 2.06. The van der Waals surface area contributed by atoms with Crippen LogP contribution >= 0.6 is 0 Å². The van der Waals surface area contributed by atoms with Gasteiger partial charge in [-0.1, -0.05) is 5.92 Å². The fraction of sp³-hybridized carbons (Fsp3) is 0.556. The van der Waals surface area contributed by atoms with E-state index in [2.05, 4.69) is 11.8 Å². The summed E-state index contributed by atoms with van der Waals surface area (Å²) in [6.45, 7) is 1.55. The Morgan fingerprint density at radius 2 is 2.14 bits per heavy atom. The number of aliphatic hydroxyl groups is 1. The van der Waals surface area contributed by atoms with Crippen molar-refractivity contribution < 1.29 is 19.8 Å². The first-order chi connectivity index (χ1) is 6.56. The zero-order chi connectivity index (χ0) is 10.7. The molecule has 76 valence electrons. The molecule has 2 atom stereocenters. The number of aliphatic carboxylic acids is 1. The van der Waals surface area contributed by atoms with E-state index in [4.69, 9.17) is 5.11 Å². The molecule has 0 saturated carbocycles. The van der Waals surface area contributed by atoms with E-state index in [1.807, 2.05) is 0 Å². The molecule has 1 saturated heterocycles. The molecule has 2 N–H and O–H groups in total. The van der Waals surface area contributed by atoms with E-state index in [-0.39, 0.29) is 13.0 Å². The molecule has 0 radical (unpaired) electrons. The van der Waals surface area contributed by atoms with Gasteiger partial charge in [-0.15, -0.1) is 0 Å². The molecule has 0 aromatic rings. The molecule has 5 nitrogen and oxygen atoms in total. The fourth-order valence-corrected chi connectivity index (χ4v) is 1.45. The van der Waals surface area contributed by atoms with Crippen molar-refractivity contribution in [1.29, 1.82) is 0 Å². The lowest BCUT2D eigenvalue weighted by molar-refractivity contribution is -0.146. The maximum atomic E-state index is 11.3. The molecule has 1 aliphatic rings. The number of carboxylic acid groups (broad SMARTS) is 1. The summed E-state index contributed by atoms with van der Waals surface area (Å²) < 4.78 is 0. The average molecular weight is 197 g/mol. The summed E-state index contributed by atoms with van der Waals surface area (Å²) in [4.78, 5) is 23.1. The van der Waals surface area contributed by atoms with E-state index < -0.39 is 24.0 Å². The molecule has 1 amide bonds. The minimum Gasteiger partial charge on any atom is -0.480 e. The van der Waals surface area contributed by atoms with Crippen LogP contribution in [-0.2, 0) is 9.59 Å². The number of carbonyl (C=O) groups is 2. The van der Waals surface area contributed by atoms with Gasteiger partial charge in [0.25, 0.3) is 5.91 Å². The molecule has 0 bridgehead atoms. The van der Waals surface area contributed by atoms with Gasteiger partial charge in [0.1, 0.15) is 6.04 Å². The highest BCUT2D eigenvalue weighted by Crippen LogP contribution is 2.17. The van der Waals surface area contributed by atoms with Crippen molar-refractivity contribution in [1.82, 2.24) is 4.90 Å². The number of hydrogen-bond donors (Lipinski definition) is 2. The second kappa shape index (κ2) is 4.11. The smallest absolute Gasteiger partial charge is 0.326 e. The molecule has 1 heterocycles. The lowest BCUT2D eigenvalue weighted by Gasteiger charge is -2.17. The first-order valence-electron chi connectivity index (χ1n) is 4.20. The number of nitrogens with zero attached hydrogens (tertiary/aromatic N) is 1. The monoisotopic (exact) mass is 197 g/mol. The summed E-state index contributed by atoms with van der Waals surface area (Å²) in [6, 6.07) is -0.946. The van der Waals surface area contributed by atoms with E-state index >= 15 is 0 Å². The number of β-amino-alcohol motifs (C(OH)–C–C–N with tert-alkyl or cyclic N) is 1. The fourth-order valence-electron chi connectivity index (χ4n) is 1.45. The number of aliphatic hydroxyl groups excluding tert-OH is 1. The standard InChI is InChI=1S/C9H11NO4/c1-2-3-8(12)10-5-6(11)4-7(10)9(13)14/h6-7,11H,4-5H2,1H3,(H,13,14)/t6-,7-/m0/s1. The molecular formula is C9H11NO4. The van der Waals surface area contributed by atoms with E-state index in [1.54, 1.807) is 0 Å². The number of rotatable bonds is 1. The highest BCUT2D eigenvalue weighted by molar-refractivity contribution is 5.96. The van der Waals surface area contributed by atoms with Crippen molar-refractivity contribution >= 4 is 11.9 Å². The first kappa shape index (κ1) is 10.5. The number of amides is 1. The second-order valence-corrected chi connectivity index (χ2v) is 3.08. The van der Waals surface area contributed by atoms with Crippen molar-refractivity contribution in [2.75, 3.05) is 6.54 Å². The largest absolute Gasteiger partial charge is 0.480 e. The molecule has 1 rings (SSSR count). The van der Waals surface area contributed by atoms with Crippen molar-refractivity contribution in [2.45, 2.75) is 25.5 Å². The number of carbonyl (C=O) groups excluding carboxylic acids is 1. The van der Waals surface area contributed by atoms with Gasteiger partial charge in [-0.3, -0.25) is 4.79 Å². The Morgan fingerprint density at radius 3 is 2.64 bits per heavy atom. The molecule has 1 fully saturated rings. The topological polar surface area (TPSA) is 77.8 Å². The molecule has 0 aromatic carbocycles. The minimum atomic E-state index is -1.10. The van der Waals surface area contributed by atoms with Crippen LogP contribution in [0.4, 0.5) is 0 Å². The third-order valence-corrected chi connectivity index (χ3v) is 2.06. The maximum Gasteiger partial charge on any atom is 0.326 e. The zero-order valence-corrected chi connectivity index (χ0v) is 7.73. The van der Waals surface area contributed by atoms with Crippen molar-refractivity contribution in [3.63, 3.8) is 0 Å². The number of likely N-dealkylation sites (tertiary alicyclic amines) is 1. The molecule has 0 aliphatic carbocycles. The van der Waals surface area contributed by atoms with Crippen molar-refractivity contribution in [3.05, 3.63) is 0 Å². The molecule has 5 heteroatoms. The molecular weight excluding hydrogens is 186 g/mol. The summed E-state index contributed by atoms with van der Waals surface area (Å²) >= 11 is 0. The predicted octanol–water partition coefficient (Wildman–Crippen LogP) is -0.944. The van der Waals surface area contributed by atoms with E-state index in [0.29, 0.717) is 0 Å². The van der Waals surface area contributed by atoms with Crippen molar-refractivity contribution in [3.8, 4) is 11.8 Å². The SMILES string of the molecule is CC#CC(=O)N1C[C@@H](O)C[C@H]1C(=O)O. The van der Waals surface area contributed by atoms with Crippen LogP contribution in [0.2, 0.25) is 0 Å². The van der Waals surface area contributed by atoms with Gasteiger partial charge in [0.15, 0.2) is 0 Å². The van der Waals surface area contributed by atoms with E-state index in [0.717, 1.165) is 4.90 Å². The van der Waals surface area contributed by atoms with Crippen LogP contribution in [-0.4, -0.2) is 45.7 Å². The summed E-state index contributed by atoms with van der Waals surface area (Å²) in [7, 11) is 0. The van der Waals surface area contributed by atoms with Crippen LogP contribution in [0.5, 0.6) is 0 Å². The zero-order valence-electron chi connectivity index (χ0n) is 7.73. The van der Waals surface area contributed by atoms with Gasteiger partial charge < -0.3 is 15.1 Å². The minimum absolute atomic E-state index is 0.0461. The molecule has 0 unspecified atom stereocenters. The van der Waals surface area contributed by atoms with Crippen LogP contribution in [0, 0.1) is 11.8 Å². The number of hydrogen-bond acceptors (Lipinski definition) is 3. The van der Waals surface area contributed by atoms with Gasteiger partial charge in [0.2, 0.25) is 0 Å². The maximum absolute atomic E-state index is 11.3. The van der Waals surface area contributed by atoms with Gasteiger partial charge >= 0.3 is 5.97 Å². The Bertz CT molecular complexity index is 315. The van der Waals surface area contributed by atoms with Crippen LogP contribution in [0.3, 0.4) is 0 Å². The predicted molar refractivity (Wildman–Crippen MR) is 47.2 cm³/mol. The third kappa shape index (κ3) is 2.03. The highest BCUT2D eigenvalue weighted by Gasteiger charge is 2.38. The van der Waals surface area contributed by atoms with Crippen LogP contribution in [0.15, 0.2) is 0 Å². The first-order valence-corrected chi connectivity index (χ1v) is 4.20. The summed E-state index contributed by atoms with van der Waals surface area (Å²) in [5.74, 6) is 3.01. The van der Waals surface area contributed by atoms with Gasteiger partial charge in [-0.25, -0.2) is 4.79 Å². The Balaban J connectivity index is 2.79. The van der Waals surface area contributed by atoms with Gasteiger partial charge in [-0.2, -0.15) is 0 Å². The quantitative estimate of drug-likeness (QED) is 0.531. The van der Waals surface area contributed by atoms with E-state index in [9.17, 15) is 14.7 Å². The van der Waals surface area contributed by atoms with Crippen LogP contribution in [0.25, 0.3) is 0 Å².